The number of hydrogen-bond donors (Lipinski definition) is 1. The quantitative estimate of drug-likeness (QED) is 0.802. The lowest BCUT2D eigenvalue weighted by atomic mass is 9.76. The van der Waals surface area contributed by atoms with E-state index in [0.29, 0.717) is 0 Å². The first-order valence-electron chi connectivity index (χ1n) is 5.10. The predicted molar refractivity (Wildman–Crippen MR) is 56.8 cm³/mol. The standard InChI is InChI=1S/C11H20N2O/c1-8(2)11(14,9(3)4)10-6-12-13(5)7-10/h6-9,14H,1-5H3. The lowest BCUT2D eigenvalue weighted by molar-refractivity contribution is -0.0531. The largest absolute Gasteiger partial charge is 0.385 e. The normalized spacial score (nSPS) is 12.9. The molecule has 0 radical (unpaired) electrons. The molecule has 14 heavy (non-hydrogen) atoms. The molecular weight excluding hydrogens is 176 g/mol. The van der Waals surface area contributed by atoms with Crippen LogP contribution in [0.1, 0.15) is 33.3 Å². The maximum atomic E-state index is 10.6. The van der Waals surface area contributed by atoms with Gasteiger partial charge in [0, 0.05) is 18.8 Å². The fraction of sp³-hybridized carbons (Fsp3) is 0.727. The molecule has 0 fully saturated rings. The van der Waals surface area contributed by atoms with Crippen LogP contribution >= 0.6 is 0 Å². The molecule has 0 bridgehead atoms. The summed E-state index contributed by atoms with van der Waals surface area (Å²) in [5, 5.41) is 14.7. The third-order valence-electron chi connectivity index (χ3n) is 2.93. The van der Waals surface area contributed by atoms with Crippen molar-refractivity contribution in [1.82, 2.24) is 9.78 Å². The van der Waals surface area contributed by atoms with Gasteiger partial charge in [0.25, 0.3) is 0 Å². The lowest BCUT2D eigenvalue weighted by Gasteiger charge is -2.35. The average Bonchev–Trinajstić information content (AvgIpc) is 2.49. The van der Waals surface area contributed by atoms with Gasteiger partial charge in [-0.1, -0.05) is 27.7 Å². The molecule has 0 atom stereocenters. The molecule has 0 unspecified atom stereocenters. The molecule has 0 aliphatic rings. The maximum absolute atomic E-state index is 10.6. The zero-order valence-electron chi connectivity index (χ0n) is 9.65. The zero-order chi connectivity index (χ0) is 10.9. The van der Waals surface area contributed by atoms with E-state index < -0.39 is 5.60 Å². The summed E-state index contributed by atoms with van der Waals surface area (Å²) in [6.07, 6.45) is 3.64. The summed E-state index contributed by atoms with van der Waals surface area (Å²) in [4.78, 5) is 0. The third-order valence-corrected chi connectivity index (χ3v) is 2.93. The highest BCUT2D eigenvalue weighted by Crippen LogP contribution is 2.36. The molecule has 80 valence electrons. The SMILES string of the molecule is CC(C)C(O)(c1cnn(C)c1)C(C)C. The number of aromatic nitrogens is 2. The molecule has 3 nitrogen and oxygen atoms in total. The molecule has 0 saturated heterocycles. The van der Waals surface area contributed by atoms with Crippen molar-refractivity contribution >= 4 is 0 Å². The van der Waals surface area contributed by atoms with Crippen molar-refractivity contribution < 1.29 is 5.11 Å². The van der Waals surface area contributed by atoms with E-state index in [4.69, 9.17) is 0 Å². The minimum absolute atomic E-state index is 0.187. The van der Waals surface area contributed by atoms with E-state index in [1.54, 1.807) is 10.9 Å². The van der Waals surface area contributed by atoms with Gasteiger partial charge in [0.05, 0.1) is 11.8 Å². The van der Waals surface area contributed by atoms with Crippen molar-refractivity contribution in [2.24, 2.45) is 18.9 Å². The Kier molecular flexibility index (Phi) is 3.00. The van der Waals surface area contributed by atoms with Crippen molar-refractivity contribution in [2.45, 2.75) is 33.3 Å². The van der Waals surface area contributed by atoms with Gasteiger partial charge in [-0.15, -0.1) is 0 Å². The Balaban J connectivity index is 3.12. The van der Waals surface area contributed by atoms with E-state index in [1.165, 1.54) is 0 Å². The second-order valence-electron chi connectivity index (χ2n) is 4.54. The lowest BCUT2D eigenvalue weighted by Crippen LogP contribution is -2.37. The van der Waals surface area contributed by atoms with Crippen molar-refractivity contribution in [1.29, 1.82) is 0 Å². The van der Waals surface area contributed by atoms with Crippen LogP contribution in [0.3, 0.4) is 0 Å². The molecule has 1 aromatic rings. The number of hydrogen-bond acceptors (Lipinski definition) is 2. The molecule has 0 aliphatic carbocycles. The van der Waals surface area contributed by atoms with Gasteiger partial charge < -0.3 is 5.11 Å². The zero-order valence-corrected chi connectivity index (χ0v) is 9.65. The smallest absolute Gasteiger partial charge is 0.0972 e. The highest BCUT2D eigenvalue weighted by Gasteiger charge is 2.37. The molecule has 1 heterocycles. The topological polar surface area (TPSA) is 38.1 Å². The van der Waals surface area contributed by atoms with Crippen LogP contribution in [0.2, 0.25) is 0 Å². The average molecular weight is 196 g/mol. The van der Waals surface area contributed by atoms with Gasteiger partial charge in [-0.05, 0) is 11.8 Å². The molecule has 0 aliphatic heterocycles. The van der Waals surface area contributed by atoms with Gasteiger partial charge in [0.2, 0.25) is 0 Å². The minimum atomic E-state index is -0.770. The van der Waals surface area contributed by atoms with E-state index in [2.05, 4.69) is 5.10 Å². The monoisotopic (exact) mass is 196 g/mol. The molecule has 0 saturated carbocycles. The minimum Gasteiger partial charge on any atom is -0.385 e. The van der Waals surface area contributed by atoms with Gasteiger partial charge in [-0.2, -0.15) is 5.10 Å². The summed E-state index contributed by atoms with van der Waals surface area (Å²) < 4.78 is 1.73. The summed E-state index contributed by atoms with van der Waals surface area (Å²) in [5.41, 5.74) is 0.138. The van der Waals surface area contributed by atoms with Crippen LogP contribution in [0.15, 0.2) is 12.4 Å². The number of aliphatic hydroxyl groups is 1. The second-order valence-corrected chi connectivity index (χ2v) is 4.54. The van der Waals surface area contributed by atoms with Crippen molar-refractivity contribution in [3.63, 3.8) is 0 Å². The van der Waals surface area contributed by atoms with Gasteiger partial charge in [-0.3, -0.25) is 4.68 Å². The van der Waals surface area contributed by atoms with E-state index >= 15 is 0 Å². The Morgan fingerprint density at radius 2 is 1.79 bits per heavy atom. The Hall–Kier alpha value is -0.830. The number of rotatable bonds is 3. The van der Waals surface area contributed by atoms with Gasteiger partial charge in [0.1, 0.15) is 0 Å². The van der Waals surface area contributed by atoms with Crippen LogP contribution in [-0.2, 0) is 12.6 Å². The summed E-state index contributed by atoms with van der Waals surface area (Å²) in [5.74, 6) is 0.374. The highest BCUT2D eigenvalue weighted by molar-refractivity contribution is 5.17. The highest BCUT2D eigenvalue weighted by atomic mass is 16.3. The second kappa shape index (κ2) is 3.73. The third kappa shape index (κ3) is 1.69. The van der Waals surface area contributed by atoms with Crippen molar-refractivity contribution in [2.75, 3.05) is 0 Å². The Labute approximate surface area is 85.8 Å². The Morgan fingerprint density at radius 3 is 2.07 bits per heavy atom. The van der Waals surface area contributed by atoms with Crippen LogP contribution in [0.4, 0.5) is 0 Å². The summed E-state index contributed by atoms with van der Waals surface area (Å²) >= 11 is 0. The van der Waals surface area contributed by atoms with E-state index in [9.17, 15) is 5.11 Å². The number of aryl methyl sites for hydroxylation is 1. The first-order valence-corrected chi connectivity index (χ1v) is 5.10. The Morgan fingerprint density at radius 1 is 1.29 bits per heavy atom. The summed E-state index contributed by atoms with van der Waals surface area (Å²) in [6, 6.07) is 0. The Bertz CT molecular complexity index is 294. The molecule has 1 N–H and O–H groups in total. The molecule has 1 aromatic heterocycles. The van der Waals surface area contributed by atoms with E-state index in [-0.39, 0.29) is 11.8 Å². The molecule has 3 heteroatoms. The van der Waals surface area contributed by atoms with Gasteiger partial charge in [-0.25, -0.2) is 0 Å². The summed E-state index contributed by atoms with van der Waals surface area (Å²) in [7, 11) is 1.87. The first-order chi connectivity index (χ1) is 6.39. The fourth-order valence-corrected chi connectivity index (χ4v) is 1.96. The van der Waals surface area contributed by atoms with Crippen LogP contribution < -0.4 is 0 Å². The van der Waals surface area contributed by atoms with Crippen molar-refractivity contribution in [3.05, 3.63) is 18.0 Å². The molecular formula is C11H20N2O. The van der Waals surface area contributed by atoms with Crippen LogP contribution in [0, 0.1) is 11.8 Å². The molecule has 0 spiro atoms. The first kappa shape index (κ1) is 11.2. The number of nitrogens with zero attached hydrogens (tertiary/aromatic N) is 2. The van der Waals surface area contributed by atoms with Crippen LogP contribution in [-0.4, -0.2) is 14.9 Å². The molecule has 1 rings (SSSR count). The van der Waals surface area contributed by atoms with Gasteiger partial charge in [0.15, 0.2) is 0 Å². The molecule has 0 aromatic carbocycles. The molecule has 0 amide bonds. The van der Waals surface area contributed by atoms with Gasteiger partial charge >= 0.3 is 0 Å². The van der Waals surface area contributed by atoms with E-state index in [0.717, 1.165) is 5.56 Å². The summed E-state index contributed by atoms with van der Waals surface area (Å²) in [6.45, 7) is 8.14. The van der Waals surface area contributed by atoms with E-state index in [1.807, 2.05) is 40.9 Å². The van der Waals surface area contributed by atoms with Crippen molar-refractivity contribution in [3.8, 4) is 0 Å². The van der Waals surface area contributed by atoms with Crippen LogP contribution in [0.25, 0.3) is 0 Å². The van der Waals surface area contributed by atoms with Crippen LogP contribution in [0.5, 0.6) is 0 Å². The maximum Gasteiger partial charge on any atom is 0.0972 e. The fourth-order valence-electron chi connectivity index (χ4n) is 1.96. The predicted octanol–water partition coefficient (Wildman–Crippen LogP) is 1.92.